The van der Waals surface area contributed by atoms with Crippen molar-refractivity contribution in [2.45, 2.75) is 12.8 Å². The average Bonchev–Trinajstić information content (AvgIpc) is 2.69. The van der Waals surface area contributed by atoms with E-state index in [1.54, 1.807) is 12.4 Å². The van der Waals surface area contributed by atoms with Crippen molar-refractivity contribution in [2.24, 2.45) is 4.99 Å². The summed E-state index contributed by atoms with van der Waals surface area (Å²) in [7, 11) is 1.85. The van der Waals surface area contributed by atoms with E-state index in [9.17, 15) is 0 Å². The molecule has 7 heteroatoms. The molecular formula is C19H25BrN6. The van der Waals surface area contributed by atoms with Crippen molar-refractivity contribution in [3.63, 3.8) is 0 Å². The molecule has 3 rings (SSSR count). The molecule has 138 valence electrons. The molecule has 2 heterocycles. The molecule has 1 aliphatic rings. The zero-order valence-corrected chi connectivity index (χ0v) is 16.7. The minimum atomic E-state index is 0.809. The van der Waals surface area contributed by atoms with E-state index in [0.717, 1.165) is 61.9 Å². The molecule has 0 bridgehead atoms. The lowest BCUT2D eigenvalue weighted by molar-refractivity contribution is 0.370. The Balaban J connectivity index is 1.42. The topological polar surface area (TPSA) is 56.7 Å². The van der Waals surface area contributed by atoms with Crippen LogP contribution in [0.25, 0.3) is 0 Å². The summed E-state index contributed by atoms with van der Waals surface area (Å²) in [4.78, 5) is 17.6. The number of aliphatic imine (C=N–C) groups is 1. The Bertz CT molecular complexity index is 713. The first kappa shape index (κ1) is 18.6. The van der Waals surface area contributed by atoms with E-state index in [2.05, 4.69) is 70.3 Å². The van der Waals surface area contributed by atoms with Gasteiger partial charge in [0.1, 0.15) is 0 Å². The Morgan fingerprint density at radius 1 is 1.15 bits per heavy atom. The van der Waals surface area contributed by atoms with Crippen LogP contribution in [0.3, 0.4) is 0 Å². The largest absolute Gasteiger partial charge is 0.356 e. The van der Waals surface area contributed by atoms with Crippen molar-refractivity contribution in [2.75, 3.05) is 44.7 Å². The number of hydrogen-bond donors (Lipinski definition) is 1. The highest BCUT2D eigenvalue weighted by atomic mass is 79.9. The fraction of sp³-hybridized carbons (Fsp3) is 0.421. The lowest BCUT2D eigenvalue weighted by Crippen LogP contribution is -2.53. The van der Waals surface area contributed by atoms with Crippen LogP contribution in [0, 0.1) is 0 Å². The Morgan fingerprint density at radius 2 is 1.92 bits per heavy atom. The number of aromatic nitrogens is 2. The molecule has 1 aliphatic heterocycles. The third-order valence-corrected chi connectivity index (χ3v) is 4.93. The zero-order chi connectivity index (χ0) is 18.2. The molecule has 26 heavy (non-hydrogen) atoms. The van der Waals surface area contributed by atoms with E-state index >= 15 is 0 Å². The molecule has 6 nitrogen and oxygen atoms in total. The molecule has 1 N–H and O–H groups in total. The number of nitrogens with zero attached hydrogens (tertiary/aromatic N) is 5. The van der Waals surface area contributed by atoms with E-state index in [0.29, 0.717) is 0 Å². The summed E-state index contributed by atoms with van der Waals surface area (Å²) in [6.07, 6.45) is 5.72. The number of rotatable bonds is 5. The van der Waals surface area contributed by atoms with Crippen LogP contribution in [0.2, 0.25) is 0 Å². The smallest absolute Gasteiger partial charge is 0.225 e. The quantitative estimate of drug-likeness (QED) is 0.461. The summed E-state index contributed by atoms with van der Waals surface area (Å²) >= 11 is 3.53. The zero-order valence-electron chi connectivity index (χ0n) is 15.1. The fourth-order valence-electron chi connectivity index (χ4n) is 3.09. The third kappa shape index (κ3) is 5.17. The third-order valence-electron chi connectivity index (χ3n) is 4.44. The maximum atomic E-state index is 4.44. The molecule has 1 fully saturated rings. The number of piperazine rings is 1. The first-order chi connectivity index (χ1) is 12.8. The van der Waals surface area contributed by atoms with Crippen molar-refractivity contribution in [3.05, 3.63) is 52.8 Å². The molecule has 0 unspecified atom stereocenters. The van der Waals surface area contributed by atoms with E-state index in [-0.39, 0.29) is 0 Å². The lowest BCUT2D eigenvalue weighted by atomic mass is 10.1. The number of anilines is 1. The van der Waals surface area contributed by atoms with Crippen molar-refractivity contribution < 1.29 is 0 Å². The number of benzene rings is 1. The number of nitrogens with one attached hydrogen (secondary N) is 1. The van der Waals surface area contributed by atoms with Gasteiger partial charge in [-0.3, -0.25) is 4.99 Å². The predicted octanol–water partition coefficient (Wildman–Crippen LogP) is 2.57. The van der Waals surface area contributed by atoms with Crippen LogP contribution in [0.15, 0.2) is 52.2 Å². The van der Waals surface area contributed by atoms with Gasteiger partial charge < -0.3 is 15.1 Å². The second-order valence-electron chi connectivity index (χ2n) is 6.23. The maximum Gasteiger partial charge on any atom is 0.225 e. The molecule has 0 amide bonds. The summed E-state index contributed by atoms with van der Waals surface area (Å²) in [5, 5.41) is 3.49. The minimum absolute atomic E-state index is 0.809. The Kier molecular flexibility index (Phi) is 6.82. The molecule has 0 aliphatic carbocycles. The molecule has 0 radical (unpaired) electrons. The van der Waals surface area contributed by atoms with Crippen molar-refractivity contribution >= 4 is 27.8 Å². The normalized spacial score (nSPS) is 15.2. The van der Waals surface area contributed by atoms with Gasteiger partial charge in [-0.1, -0.05) is 28.1 Å². The van der Waals surface area contributed by atoms with Crippen LogP contribution < -0.4 is 10.2 Å². The predicted molar refractivity (Wildman–Crippen MR) is 110 cm³/mol. The van der Waals surface area contributed by atoms with Gasteiger partial charge in [0.15, 0.2) is 5.96 Å². The first-order valence-corrected chi connectivity index (χ1v) is 9.77. The second kappa shape index (κ2) is 9.52. The van der Waals surface area contributed by atoms with Gasteiger partial charge in [0.25, 0.3) is 0 Å². The van der Waals surface area contributed by atoms with Crippen LogP contribution in [-0.4, -0.2) is 60.6 Å². The van der Waals surface area contributed by atoms with E-state index < -0.39 is 0 Å². The van der Waals surface area contributed by atoms with Gasteiger partial charge >= 0.3 is 0 Å². The fourth-order valence-corrected chi connectivity index (χ4v) is 3.54. The first-order valence-electron chi connectivity index (χ1n) is 8.98. The van der Waals surface area contributed by atoms with Gasteiger partial charge in [-0.2, -0.15) is 0 Å². The molecule has 1 aromatic carbocycles. The summed E-state index contributed by atoms with van der Waals surface area (Å²) in [5.41, 5.74) is 1.35. The summed E-state index contributed by atoms with van der Waals surface area (Å²) in [6.45, 7) is 4.57. The van der Waals surface area contributed by atoms with Gasteiger partial charge in [0, 0.05) is 56.6 Å². The van der Waals surface area contributed by atoms with Gasteiger partial charge in [-0.15, -0.1) is 0 Å². The lowest BCUT2D eigenvalue weighted by Gasteiger charge is -2.36. The second-order valence-corrected chi connectivity index (χ2v) is 7.15. The maximum absolute atomic E-state index is 4.44. The van der Waals surface area contributed by atoms with Gasteiger partial charge in [-0.25, -0.2) is 9.97 Å². The van der Waals surface area contributed by atoms with Gasteiger partial charge in [0.05, 0.1) is 0 Å². The highest BCUT2D eigenvalue weighted by Crippen LogP contribution is 2.13. The number of guanidine groups is 1. The Morgan fingerprint density at radius 3 is 2.62 bits per heavy atom. The molecule has 2 aromatic rings. The van der Waals surface area contributed by atoms with Gasteiger partial charge in [-0.05, 0) is 36.6 Å². The van der Waals surface area contributed by atoms with E-state index in [1.807, 2.05) is 13.1 Å². The summed E-state index contributed by atoms with van der Waals surface area (Å²) in [6, 6.07) is 10.3. The van der Waals surface area contributed by atoms with Crippen LogP contribution in [-0.2, 0) is 6.42 Å². The average molecular weight is 417 g/mol. The van der Waals surface area contributed by atoms with Crippen LogP contribution >= 0.6 is 15.9 Å². The molecule has 0 spiro atoms. The molecule has 1 aromatic heterocycles. The standard InChI is InChI=1S/C19H25BrN6/c1-21-18(22-8-3-6-16-5-2-7-17(20)15-16)25-11-13-26(14-12-25)19-23-9-4-10-24-19/h2,4-5,7,9-10,15H,3,6,8,11-14H2,1H3,(H,21,22). The molecule has 1 saturated heterocycles. The molecule has 0 atom stereocenters. The van der Waals surface area contributed by atoms with Crippen LogP contribution in [0.5, 0.6) is 0 Å². The Hall–Kier alpha value is -2.15. The van der Waals surface area contributed by atoms with Crippen LogP contribution in [0.1, 0.15) is 12.0 Å². The van der Waals surface area contributed by atoms with Crippen molar-refractivity contribution in [1.29, 1.82) is 0 Å². The van der Waals surface area contributed by atoms with Crippen molar-refractivity contribution in [3.8, 4) is 0 Å². The highest BCUT2D eigenvalue weighted by Gasteiger charge is 2.20. The summed E-state index contributed by atoms with van der Waals surface area (Å²) < 4.78 is 1.14. The SMILES string of the molecule is CN=C(NCCCc1cccc(Br)c1)N1CCN(c2ncccn2)CC1. The van der Waals surface area contributed by atoms with Gasteiger partial charge in [0.2, 0.25) is 5.95 Å². The highest BCUT2D eigenvalue weighted by molar-refractivity contribution is 9.10. The number of aryl methyl sites for hydroxylation is 1. The van der Waals surface area contributed by atoms with Crippen LogP contribution in [0.4, 0.5) is 5.95 Å². The summed E-state index contributed by atoms with van der Waals surface area (Å²) in [5.74, 6) is 1.79. The minimum Gasteiger partial charge on any atom is -0.356 e. The van der Waals surface area contributed by atoms with E-state index in [1.165, 1.54) is 5.56 Å². The molecular weight excluding hydrogens is 392 g/mol. The number of hydrogen-bond acceptors (Lipinski definition) is 4. The Labute approximate surface area is 163 Å². The molecule has 0 saturated carbocycles. The van der Waals surface area contributed by atoms with E-state index in [4.69, 9.17) is 0 Å². The monoisotopic (exact) mass is 416 g/mol. The number of halogens is 1. The van der Waals surface area contributed by atoms with Crippen molar-refractivity contribution in [1.82, 2.24) is 20.2 Å².